The Kier molecular flexibility index (Phi) is 7.68. The Morgan fingerprint density at radius 3 is 2.65 bits per heavy atom. The molecule has 6 heteroatoms. The standard InChI is InChI=1S/C14H20BrN3S.HI/c1-14(2,10-18-13-16-8-3-9-17-13)19-12-6-4-11(15)5-7-12;/h4-7H,3,8-10H2,1-2H3,(H2,16,17,18);1H. The molecule has 0 radical (unpaired) electrons. The fourth-order valence-electron chi connectivity index (χ4n) is 1.81. The number of hydrogen-bond donors (Lipinski definition) is 2. The number of thioether (sulfide) groups is 1. The molecule has 2 rings (SSSR count). The van der Waals surface area contributed by atoms with Crippen LogP contribution < -0.4 is 10.6 Å². The Bertz CT molecular complexity index is 448. The normalized spacial score (nSPS) is 14.8. The molecular weight excluding hydrogens is 449 g/mol. The molecule has 3 nitrogen and oxygen atoms in total. The number of benzene rings is 1. The van der Waals surface area contributed by atoms with Crippen LogP contribution in [0.1, 0.15) is 20.3 Å². The third kappa shape index (κ3) is 6.22. The molecule has 0 unspecified atom stereocenters. The highest BCUT2D eigenvalue weighted by Gasteiger charge is 2.20. The van der Waals surface area contributed by atoms with Crippen LogP contribution in [0.5, 0.6) is 0 Å². The summed E-state index contributed by atoms with van der Waals surface area (Å²) >= 11 is 5.34. The van der Waals surface area contributed by atoms with E-state index in [9.17, 15) is 0 Å². The Morgan fingerprint density at radius 2 is 2.05 bits per heavy atom. The van der Waals surface area contributed by atoms with Crippen LogP contribution in [-0.4, -0.2) is 30.3 Å². The Labute approximate surface area is 150 Å². The van der Waals surface area contributed by atoms with Gasteiger partial charge < -0.3 is 10.6 Å². The van der Waals surface area contributed by atoms with Crippen molar-refractivity contribution in [3.63, 3.8) is 0 Å². The number of rotatable bonds is 4. The van der Waals surface area contributed by atoms with Crippen molar-refractivity contribution in [2.45, 2.75) is 29.9 Å². The number of halogens is 2. The number of guanidine groups is 1. The van der Waals surface area contributed by atoms with E-state index in [0.29, 0.717) is 0 Å². The van der Waals surface area contributed by atoms with Crippen LogP contribution >= 0.6 is 51.7 Å². The average Bonchev–Trinajstić information content (AvgIpc) is 2.40. The summed E-state index contributed by atoms with van der Waals surface area (Å²) in [7, 11) is 0. The second-order valence-corrected chi connectivity index (χ2v) is 7.88. The second-order valence-electron chi connectivity index (χ2n) is 5.18. The lowest BCUT2D eigenvalue weighted by atomic mass is 10.2. The van der Waals surface area contributed by atoms with Gasteiger partial charge in [0.25, 0.3) is 0 Å². The lowest BCUT2D eigenvalue weighted by molar-refractivity contribution is 0.642. The van der Waals surface area contributed by atoms with E-state index in [2.05, 4.69) is 69.7 Å². The van der Waals surface area contributed by atoms with E-state index in [1.165, 1.54) is 4.90 Å². The molecule has 0 fully saturated rings. The molecule has 0 saturated heterocycles. The van der Waals surface area contributed by atoms with E-state index < -0.39 is 0 Å². The summed E-state index contributed by atoms with van der Waals surface area (Å²) in [4.78, 5) is 5.72. The summed E-state index contributed by atoms with van der Waals surface area (Å²) in [5, 5.41) is 6.69. The fourth-order valence-corrected chi connectivity index (χ4v) is 3.12. The van der Waals surface area contributed by atoms with E-state index in [4.69, 9.17) is 0 Å². The van der Waals surface area contributed by atoms with Crippen molar-refractivity contribution in [1.29, 1.82) is 0 Å². The smallest absolute Gasteiger partial charge is 0.191 e. The zero-order valence-electron chi connectivity index (χ0n) is 11.8. The maximum absolute atomic E-state index is 4.43. The first kappa shape index (κ1) is 18.1. The van der Waals surface area contributed by atoms with Gasteiger partial charge in [0.1, 0.15) is 0 Å². The highest BCUT2D eigenvalue weighted by atomic mass is 127. The minimum absolute atomic E-state index is 0. The van der Waals surface area contributed by atoms with Crippen molar-refractivity contribution in [3.05, 3.63) is 28.7 Å². The van der Waals surface area contributed by atoms with Gasteiger partial charge in [-0.3, -0.25) is 4.99 Å². The van der Waals surface area contributed by atoms with Crippen molar-refractivity contribution >= 4 is 57.6 Å². The highest BCUT2D eigenvalue weighted by molar-refractivity contribution is 14.0. The van der Waals surface area contributed by atoms with Gasteiger partial charge in [-0.05, 0) is 44.5 Å². The lowest BCUT2D eigenvalue weighted by Crippen LogP contribution is -2.45. The minimum Gasteiger partial charge on any atom is -0.356 e. The topological polar surface area (TPSA) is 36.4 Å². The highest BCUT2D eigenvalue weighted by Crippen LogP contribution is 2.32. The molecule has 20 heavy (non-hydrogen) atoms. The minimum atomic E-state index is 0. The van der Waals surface area contributed by atoms with Crippen LogP contribution in [-0.2, 0) is 0 Å². The Morgan fingerprint density at radius 1 is 1.35 bits per heavy atom. The number of nitrogens with zero attached hydrogens (tertiary/aromatic N) is 1. The summed E-state index contributed by atoms with van der Waals surface area (Å²) in [6.07, 6.45) is 1.13. The summed E-state index contributed by atoms with van der Waals surface area (Å²) in [6, 6.07) is 8.46. The molecule has 0 bridgehead atoms. The van der Waals surface area contributed by atoms with Crippen molar-refractivity contribution in [3.8, 4) is 0 Å². The van der Waals surface area contributed by atoms with Crippen molar-refractivity contribution < 1.29 is 0 Å². The SMILES string of the molecule is CC(C)(CNC1=NCCCN1)Sc1ccc(Br)cc1.I. The molecule has 1 aromatic rings. The zero-order valence-corrected chi connectivity index (χ0v) is 16.5. The van der Waals surface area contributed by atoms with Crippen LogP contribution in [0, 0.1) is 0 Å². The molecule has 0 amide bonds. The summed E-state index contributed by atoms with van der Waals surface area (Å²) in [5.41, 5.74) is 0. The van der Waals surface area contributed by atoms with E-state index in [1.54, 1.807) is 0 Å². The quantitative estimate of drug-likeness (QED) is 0.519. The van der Waals surface area contributed by atoms with E-state index >= 15 is 0 Å². The van der Waals surface area contributed by atoms with Crippen molar-refractivity contribution in [2.24, 2.45) is 4.99 Å². The molecule has 0 saturated carbocycles. The van der Waals surface area contributed by atoms with E-state index in [0.717, 1.165) is 36.5 Å². The molecule has 1 heterocycles. The van der Waals surface area contributed by atoms with Crippen LogP contribution in [0.15, 0.2) is 38.6 Å². The number of aliphatic imine (C=N–C) groups is 1. The molecule has 0 spiro atoms. The van der Waals surface area contributed by atoms with Crippen molar-refractivity contribution in [2.75, 3.05) is 19.6 Å². The van der Waals surface area contributed by atoms with Gasteiger partial charge in [0.05, 0.1) is 0 Å². The number of nitrogens with one attached hydrogen (secondary N) is 2. The molecule has 1 aliphatic heterocycles. The van der Waals surface area contributed by atoms with Crippen LogP contribution in [0.3, 0.4) is 0 Å². The second kappa shape index (κ2) is 8.48. The molecule has 0 aromatic heterocycles. The van der Waals surface area contributed by atoms with E-state index in [1.807, 2.05) is 11.8 Å². The van der Waals surface area contributed by atoms with Gasteiger partial charge in [0, 0.05) is 33.7 Å². The molecular formula is C14H21BrIN3S. The van der Waals surface area contributed by atoms with Gasteiger partial charge in [0.2, 0.25) is 0 Å². The van der Waals surface area contributed by atoms with Gasteiger partial charge in [-0.2, -0.15) is 0 Å². The summed E-state index contributed by atoms with van der Waals surface area (Å²) < 4.78 is 1.24. The first-order valence-electron chi connectivity index (χ1n) is 6.52. The maximum Gasteiger partial charge on any atom is 0.191 e. The molecule has 112 valence electrons. The Hall–Kier alpha value is 0.0500. The van der Waals surface area contributed by atoms with Crippen LogP contribution in [0.2, 0.25) is 0 Å². The molecule has 0 aliphatic carbocycles. The molecule has 1 aliphatic rings. The third-order valence-corrected chi connectivity index (χ3v) is 4.52. The predicted molar refractivity (Wildman–Crippen MR) is 102 cm³/mol. The zero-order chi connectivity index (χ0) is 13.7. The number of hydrogen-bond acceptors (Lipinski definition) is 4. The summed E-state index contributed by atoms with van der Waals surface area (Å²) in [5.74, 6) is 0.940. The first-order valence-corrected chi connectivity index (χ1v) is 8.13. The molecule has 0 atom stereocenters. The Balaban J connectivity index is 0.00000200. The average molecular weight is 470 g/mol. The monoisotopic (exact) mass is 469 g/mol. The van der Waals surface area contributed by atoms with Gasteiger partial charge in [0.15, 0.2) is 5.96 Å². The van der Waals surface area contributed by atoms with Crippen LogP contribution in [0.4, 0.5) is 0 Å². The predicted octanol–water partition coefficient (Wildman–Crippen LogP) is 3.88. The first-order chi connectivity index (χ1) is 9.05. The molecule has 2 N–H and O–H groups in total. The fraction of sp³-hybridized carbons (Fsp3) is 0.500. The van der Waals surface area contributed by atoms with Gasteiger partial charge >= 0.3 is 0 Å². The van der Waals surface area contributed by atoms with Gasteiger partial charge in [-0.25, -0.2) is 0 Å². The van der Waals surface area contributed by atoms with E-state index in [-0.39, 0.29) is 28.7 Å². The third-order valence-electron chi connectivity index (χ3n) is 2.79. The lowest BCUT2D eigenvalue weighted by Gasteiger charge is -2.26. The van der Waals surface area contributed by atoms with Gasteiger partial charge in [-0.1, -0.05) is 15.9 Å². The van der Waals surface area contributed by atoms with Crippen LogP contribution in [0.25, 0.3) is 0 Å². The van der Waals surface area contributed by atoms with Crippen molar-refractivity contribution in [1.82, 2.24) is 10.6 Å². The molecule has 1 aromatic carbocycles. The maximum atomic E-state index is 4.43. The van der Waals surface area contributed by atoms with Gasteiger partial charge in [-0.15, -0.1) is 35.7 Å². The summed E-state index contributed by atoms with van der Waals surface area (Å²) in [6.45, 7) is 7.33. The largest absolute Gasteiger partial charge is 0.356 e.